The summed E-state index contributed by atoms with van der Waals surface area (Å²) in [7, 11) is -3.85. The summed E-state index contributed by atoms with van der Waals surface area (Å²) in [4.78, 5) is 0. The number of nitrogens with zero attached hydrogens (tertiary/aromatic N) is 1. The number of halogens is 2. The average molecular weight is 377 g/mol. The Bertz CT molecular complexity index is 733. The molecule has 21 heavy (non-hydrogen) atoms. The molecular formula is C12H14BrFN4O2S. The zero-order valence-electron chi connectivity index (χ0n) is 11.2. The number of nitrogens with one attached hydrogen (secondary N) is 3. The SMILES string of the molecule is CCNCc1cn[nH]c1S(=O)(=O)Nc1ccc(Br)c(F)c1. The maximum absolute atomic E-state index is 13.4. The van der Waals surface area contributed by atoms with E-state index in [4.69, 9.17) is 0 Å². The number of H-pyrrole nitrogens is 1. The van der Waals surface area contributed by atoms with E-state index in [1.807, 2.05) is 6.92 Å². The standard InChI is InChI=1S/C12H14BrFN4O2S/c1-2-15-6-8-7-16-17-12(8)21(19,20)18-9-3-4-10(13)11(14)5-9/h3-5,7,15,18H,2,6H2,1H3,(H,16,17). The first-order valence-electron chi connectivity index (χ1n) is 6.15. The number of hydrogen-bond donors (Lipinski definition) is 3. The molecule has 6 nitrogen and oxygen atoms in total. The molecule has 2 aromatic rings. The predicted octanol–water partition coefficient (Wildman–Crippen LogP) is 2.22. The number of benzene rings is 1. The van der Waals surface area contributed by atoms with E-state index in [9.17, 15) is 12.8 Å². The fourth-order valence-electron chi connectivity index (χ4n) is 1.68. The minimum absolute atomic E-state index is 0.0354. The van der Waals surface area contributed by atoms with Crippen LogP contribution in [-0.2, 0) is 16.6 Å². The van der Waals surface area contributed by atoms with Gasteiger partial charge in [0.05, 0.1) is 16.4 Å². The lowest BCUT2D eigenvalue weighted by Crippen LogP contribution is -2.18. The second kappa shape index (κ2) is 6.54. The number of anilines is 1. The van der Waals surface area contributed by atoms with Gasteiger partial charge >= 0.3 is 0 Å². The maximum Gasteiger partial charge on any atom is 0.279 e. The topological polar surface area (TPSA) is 86.9 Å². The van der Waals surface area contributed by atoms with Gasteiger partial charge in [0.15, 0.2) is 5.03 Å². The van der Waals surface area contributed by atoms with Crippen molar-refractivity contribution in [1.29, 1.82) is 0 Å². The van der Waals surface area contributed by atoms with Crippen LogP contribution < -0.4 is 10.0 Å². The van der Waals surface area contributed by atoms with Crippen molar-refractivity contribution in [2.75, 3.05) is 11.3 Å². The highest BCUT2D eigenvalue weighted by Gasteiger charge is 2.21. The Morgan fingerprint density at radius 3 is 2.86 bits per heavy atom. The largest absolute Gasteiger partial charge is 0.313 e. The van der Waals surface area contributed by atoms with Crippen LogP contribution in [0.2, 0.25) is 0 Å². The lowest BCUT2D eigenvalue weighted by molar-refractivity contribution is 0.594. The lowest BCUT2D eigenvalue weighted by atomic mass is 10.3. The number of aromatic nitrogens is 2. The fraction of sp³-hybridized carbons (Fsp3) is 0.250. The maximum atomic E-state index is 13.4. The molecule has 1 aromatic carbocycles. The first-order chi connectivity index (χ1) is 9.94. The molecule has 0 aliphatic rings. The van der Waals surface area contributed by atoms with Crippen LogP contribution in [0.4, 0.5) is 10.1 Å². The first kappa shape index (κ1) is 15.9. The molecular weight excluding hydrogens is 363 g/mol. The van der Waals surface area contributed by atoms with Crippen molar-refractivity contribution in [2.45, 2.75) is 18.5 Å². The molecule has 0 aliphatic carbocycles. The summed E-state index contributed by atoms with van der Waals surface area (Å²) in [5.74, 6) is -0.548. The summed E-state index contributed by atoms with van der Waals surface area (Å²) >= 11 is 3.01. The van der Waals surface area contributed by atoms with Gasteiger partial charge in [-0.25, -0.2) is 4.39 Å². The molecule has 0 unspecified atom stereocenters. The smallest absolute Gasteiger partial charge is 0.279 e. The first-order valence-corrected chi connectivity index (χ1v) is 8.42. The molecule has 2 rings (SSSR count). The number of rotatable bonds is 6. The van der Waals surface area contributed by atoms with Crippen LogP contribution in [-0.4, -0.2) is 25.2 Å². The summed E-state index contributed by atoms with van der Waals surface area (Å²) in [6.45, 7) is 2.99. The second-order valence-electron chi connectivity index (χ2n) is 4.24. The summed E-state index contributed by atoms with van der Waals surface area (Å²) in [6, 6.07) is 3.99. The van der Waals surface area contributed by atoms with Gasteiger partial charge in [-0.05, 0) is 40.7 Å². The van der Waals surface area contributed by atoms with E-state index in [0.717, 1.165) is 6.07 Å². The lowest BCUT2D eigenvalue weighted by Gasteiger charge is -2.09. The van der Waals surface area contributed by atoms with Gasteiger partial charge < -0.3 is 5.32 Å². The van der Waals surface area contributed by atoms with E-state index in [2.05, 4.69) is 36.2 Å². The number of sulfonamides is 1. The van der Waals surface area contributed by atoms with Crippen LogP contribution in [0.5, 0.6) is 0 Å². The molecule has 9 heteroatoms. The van der Waals surface area contributed by atoms with Gasteiger partial charge in [0.1, 0.15) is 5.82 Å². The Balaban J connectivity index is 2.26. The van der Waals surface area contributed by atoms with Crippen LogP contribution in [0.15, 0.2) is 33.9 Å². The molecule has 0 saturated heterocycles. The minimum atomic E-state index is -3.85. The highest BCUT2D eigenvalue weighted by Crippen LogP contribution is 2.22. The summed E-state index contributed by atoms with van der Waals surface area (Å²) in [5.41, 5.74) is 0.654. The van der Waals surface area contributed by atoms with Crippen LogP contribution in [0.1, 0.15) is 12.5 Å². The van der Waals surface area contributed by atoms with Crippen molar-refractivity contribution < 1.29 is 12.8 Å². The van der Waals surface area contributed by atoms with Gasteiger partial charge in [-0.15, -0.1) is 0 Å². The third-order valence-electron chi connectivity index (χ3n) is 2.68. The third kappa shape index (κ3) is 3.80. The summed E-state index contributed by atoms with van der Waals surface area (Å²) < 4.78 is 40.6. The van der Waals surface area contributed by atoms with Crippen molar-refractivity contribution in [3.63, 3.8) is 0 Å². The molecule has 114 valence electrons. The van der Waals surface area contributed by atoms with Gasteiger partial charge in [0, 0.05) is 12.1 Å². The van der Waals surface area contributed by atoms with Crippen LogP contribution in [0, 0.1) is 5.82 Å². The molecule has 3 N–H and O–H groups in total. The Labute approximate surface area is 130 Å². The summed E-state index contributed by atoms with van der Waals surface area (Å²) in [6.07, 6.45) is 1.44. The zero-order chi connectivity index (χ0) is 15.5. The molecule has 0 spiro atoms. The van der Waals surface area contributed by atoms with E-state index in [-0.39, 0.29) is 15.2 Å². The van der Waals surface area contributed by atoms with Crippen molar-refractivity contribution in [3.05, 3.63) is 40.2 Å². The molecule has 0 fully saturated rings. The highest BCUT2D eigenvalue weighted by molar-refractivity contribution is 9.10. The molecule has 1 aromatic heterocycles. The fourth-order valence-corrected chi connectivity index (χ4v) is 3.11. The van der Waals surface area contributed by atoms with E-state index in [0.29, 0.717) is 18.7 Å². The van der Waals surface area contributed by atoms with Crippen molar-refractivity contribution >= 4 is 31.6 Å². The highest BCUT2D eigenvalue weighted by atomic mass is 79.9. The van der Waals surface area contributed by atoms with Gasteiger partial charge in [0.2, 0.25) is 0 Å². The monoisotopic (exact) mass is 376 g/mol. The molecule has 0 amide bonds. The van der Waals surface area contributed by atoms with Crippen molar-refractivity contribution in [2.24, 2.45) is 0 Å². The molecule has 0 aliphatic heterocycles. The Kier molecular flexibility index (Phi) is 4.96. The zero-order valence-corrected chi connectivity index (χ0v) is 13.6. The van der Waals surface area contributed by atoms with Crippen LogP contribution in [0.3, 0.4) is 0 Å². The molecule has 0 atom stereocenters. The van der Waals surface area contributed by atoms with E-state index in [1.54, 1.807) is 0 Å². The predicted molar refractivity (Wildman–Crippen MR) is 80.9 cm³/mol. The van der Waals surface area contributed by atoms with Crippen LogP contribution in [0.25, 0.3) is 0 Å². The average Bonchev–Trinajstić information content (AvgIpc) is 2.89. The Hall–Kier alpha value is -1.45. The quantitative estimate of drug-likeness (QED) is 0.721. The van der Waals surface area contributed by atoms with Crippen molar-refractivity contribution in [3.8, 4) is 0 Å². The third-order valence-corrected chi connectivity index (χ3v) is 4.72. The van der Waals surface area contributed by atoms with Gasteiger partial charge in [-0.2, -0.15) is 13.5 Å². The molecule has 1 heterocycles. The number of hydrogen-bond acceptors (Lipinski definition) is 4. The van der Waals surface area contributed by atoms with E-state index >= 15 is 0 Å². The van der Waals surface area contributed by atoms with Gasteiger partial charge in [0.25, 0.3) is 10.0 Å². The van der Waals surface area contributed by atoms with Crippen molar-refractivity contribution in [1.82, 2.24) is 15.5 Å². The van der Waals surface area contributed by atoms with Gasteiger partial charge in [-0.1, -0.05) is 6.92 Å². The van der Waals surface area contributed by atoms with E-state index < -0.39 is 15.8 Å². The molecule has 0 bridgehead atoms. The minimum Gasteiger partial charge on any atom is -0.313 e. The second-order valence-corrected chi connectivity index (χ2v) is 6.71. The van der Waals surface area contributed by atoms with Gasteiger partial charge in [-0.3, -0.25) is 9.82 Å². The Morgan fingerprint density at radius 2 is 2.19 bits per heavy atom. The molecule has 0 radical (unpaired) electrons. The van der Waals surface area contributed by atoms with E-state index in [1.165, 1.54) is 18.3 Å². The summed E-state index contributed by atoms with van der Waals surface area (Å²) in [5, 5.41) is 9.20. The van der Waals surface area contributed by atoms with Crippen LogP contribution >= 0.6 is 15.9 Å². The Morgan fingerprint density at radius 1 is 1.43 bits per heavy atom. The number of aromatic amines is 1. The molecule has 0 saturated carbocycles. The normalized spacial score (nSPS) is 11.6.